The zero-order chi connectivity index (χ0) is 31.3. The summed E-state index contributed by atoms with van der Waals surface area (Å²) in [5.41, 5.74) is -0.340. The molecule has 0 aromatic heterocycles. The third-order valence-electron chi connectivity index (χ3n) is 10.8. The average molecular weight is 621 g/mol. The quantitative estimate of drug-likeness (QED) is 0.245. The highest BCUT2D eigenvalue weighted by Gasteiger charge is 2.37. The van der Waals surface area contributed by atoms with Crippen molar-refractivity contribution in [2.45, 2.75) is 116 Å². The average Bonchev–Trinajstić information content (AvgIpc) is 3.42. The number of hydrogen-bond acceptors (Lipinski definition) is 9. The molecule has 7 unspecified atom stereocenters. The van der Waals surface area contributed by atoms with Crippen molar-refractivity contribution in [2.24, 2.45) is 23.2 Å². The highest BCUT2D eigenvalue weighted by Crippen LogP contribution is 2.37. The lowest BCUT2D eigenvalue weighted by Crippen LogP contribution is -2.56. The van der Waals surface area contributed by atoms with Crippen LogP contribution >= 0.6 is 0 Å². The summed E-state index contributed by atoms with van der Waals surface area (Å²) in [5, 5.41) is 24.4. The molecule has 1 saturated carbocycles. The van der Waals surface area contributed by atoms with Crippen LogP contribution in [0.3, 0.4) is 0 Å². The number of hydrogen-bond donors (Lipinski definition) is 5. The molecule has 0 spiro atoms. The molecule has 5 rings (SSSR count). The molecule has 11 heteroatoms. The van der Waals surface area contributed by atoms with Crippen LogP contribution in [0.5, 0.6) is 0 Å². The van der Waals surface area contributed by atoms with Gasteiger partial charge in [0, 0.05) is 56.1 Å². The molecule has 0 radical (unpaired) electrons. The van der Waals surface area contributed by atoms with Crippen LogP contribution in [0.1, 0.15) is 79.1 Å². The number of rotatable bonds is 10. The summed E-state index contributed by atoms with van der Waals surface area (Å²) in [7, 11) is 0. The van der Waals surface area contributed by atoms with Gasteiger partial charge in [0.25, 0.3) is 0 Å². The van der Waals surface area contributed by atoms with E-state index >= 15 is 0 Å². The Morgan fingerprint density at radius 3 is 2.55 bits per heavy atom. The summed E-state index contributed by atoms with van der Waals surface area (Å²) >= 11 is 0. The molecule has 5 aliphatic rings. The number of fused-ring (bicyclic) bond motifs is 1. The van der Waals surface area contributed by atoms with Crippen molar-refractivity contribution in [1.29, 1.82) is 0 Å². The van der Waals surface area contributed by atoms with Crippen LogP contribution in [0.4, 0.5) is 0 Å². The van der Waals surface area contributed by atoms with Crippen LogP contribution in [0.15, 0.2) is 0 Å². The number of nitrogens with one attached hydrogen (secondary N) is 4. The number of β-amino-alcohol motifs (C(OH)–C–C–N with tert-alkyl or cyclic N) is 1. The minimum atomic E-state index is -0.561. The molecule has 252 valence electrons. The smallest absolute Gasteiger partial charge is 0.227 e. The summed E-state index contributed by atoms with van der Waals surface area (Å²) in [4.78, 5) is 30.0. The fraction of sp³-hybridized carbons (Fsp3) is 0.939. The molecule has 5 fully saturated rings. The molecule has 4 heterocycles. The number of aliphatic hydroxyl groups excluding tert-OH is 1. The molecule has 5 N–H and O–H groups in total. The number of carbonyl (C=O) groups excluding carboxylic acids is 2. The first-order chi connectivity index (χ1) is 21.0. The van der Waals surface area contributed by atoms with Crippen LogP contribution in [-0.4, -0.2) is 122 Å². The van der Waals surface area contributed by atoms with Gasteiger partial charge in [0.15, 0.2) is 0 Å². The van der Waals surface area contributed by atoms with Gasteiger partial charge in [0.05, 0.1) is 37.8 Å². The minimum absolute atomic E-state index is 0.0492. The maximum absolute atomic E-state index is 13.1. The fourth-order valence-corrected chi connectivity index (χ4v) is 7.97. The number of carbonyl (C=O) groups is 2. The van der Waals surface area contributed by atoms with Gasteiger partial charge in [-0.15, -0.1) is 0 Å². The molecular weight excluding hydrogens is 560 g/mol. The van der Waals surface area contributed by atoms with Gasteiger partial charge in [-0.05, 0) is 83.2 Å². The van der Waals surface area contributed by atoms with Crippen molar-refractivity contribution in [3.8, 4) is 0 Å². The molecule has 0 aromatic rings. The van der Waals surface area contributed by atoms with Crippen LogP contribution in [0, 0.1) is 23.2 Å². The lowest BCUT2D eigenvalue weighted by molar-refractivity contribution is -0.140. The number of piperidine rings is 3. The zero-order valence-electron chi connectivity index (χ0n) is 27.7. The SMILES string of the molecule is CC1NCOC1COC1CCC2CN(C[C@@H](O)CNC(=O)C3CCNC(NC4CCN(C(=O)C(C)(C)C)CC4)C3)CCC2C1. The van der Waals surface area contributed by atoms with Crippen molar-refractivity contribution in [2.75, 3.05) is 59.2 Å². The number of ether oxygens (including phenoxy) is 2. The number of likely N-dealkylation sites (tertiary alicyclic amines) is 2. The van der Waals surface area contributed by atoms with E-state index in [-0.39, 0.29) is 35.4 Å². The van der Waals surface area contributed by atoms with E-state index in [1.54, 1.807) is 0 Å². The van der Waals surface area contributed by atoms with E-state index in [0.717, 1.165) is 77.7 Å². The van der Waals surface area contributed by atoms with E-state index in [1.807, 2.05) is 25.7 Å². The highest BCUT2D eigenvalue weighted by atomic mass is 16.5. The first-order valence-corrected chi connectivity index (χ1v) is 17.5. The summed E-state index contributed by atoms with van der Waals surface area (Å²) < 4.78 is 12.0. The molecule has 0 bridgehead atoms. The topological polar surface area (TPSA) is 127 Å². The van der Waals surface area contributed by atoms with Crippen LogP contribution in [-0.2, 0) is 19.1 Å². The molecular formula is C33H60N6O5. The summed E-state index contributed by atoms with van der Waals surface area (Å²) in [6.07, 6.45) is 8.00. The molecule has 4 saturated heterocycles. The van der Waals surface area contributed by atoms with Crippen LogP contribution in [0.2, 0.25) is 0 Å². The van der Waals surface area contributed by atoms with Gasteiger partial charge in [0.2, 0.25) is 11.8 Å². The van der Waals surface area contributed by atoms with Gasteiger partial charge in [-0.25, -0.2) is 0 Å². The van der Waals surface area contributed by atoms with Gasteiger partial charge < -0.3 is 35.0 Å². The van der Waals surface area contributed by atoms with Crippen molar-refractivity contribution >= 4 is 11.8 Å². The third kappa shape index (κ3) is 9.36. The number of amides is 2. The standard InChI is InChI=1S/C33H60N6O5/c1-22-29(44-21-36-22)20-43-28-6-5-25-18-38(12-8-23(25)15-28)19-27(40)17-35-31(41)24-7-11-34-30(16-24)37-26-9-13-39(14-10-26)32(42)33(2,3)4/h22-30,34,36-37,40H,5-21H2,1-4H3,(H,35,41)/t22?,23?,24?,25?,27-,28?,29?,30?/m0/s1. The highest BCUT2D eigenvalue weighted by molar-refractivity contribution is 5.81. The molecule has 1 aliphatic carbocycles. The van der Waals surface area contributed by atoms with Crippen LogP contribution in [0.25, 0.3) is 0 Å². The monoisotopic (exact) mass is 620 g/mol. The van der Waals surface area contributed by atoms with E-state index in [4.69, 9.17) is 9.47 Å². The van der Waals surface area contributed by atoms with E-state index in [1.165, 1.54) is 6.42 Å². The van der Waals surface area contributed by atoms with E-state index < -0.39 is 6.10 Å². The van der Waals surface area contributed by atoms with Gasteiger partial charge in [-0.1, -0.05) is 20.8 Å². The summed E-state index contributed by atoms with van der Waals surface area (Å²) in [6.45, 7) is 14.7. The Morgan fingerprint density at radius 1 is 1.02 bits per heavy atom. The van der Waals surface area contributed by atoms with Gasteiger partial charge >= 0.3 is 0 Å². The molecule has 44 heavy (non-hydrogen) atoms. The van der Waals surface area contributed by atoms with Crippen LogP contribution < -0.4 is 21.3 Å². The first-order valence-electron chi connectivity index (χ1n) is 17.5. The maximum atomic E-state index is 13.1. The Morgan fingerprint density at radius 2 is 1.82 bits per heavy atom. The molecule has 4 aliphatic heterocycles. The Labute approximate surface area is 264 Å². The zero-order valence-corrected chi connectivity index (χ0v) is 27.7. The lowest BCUT2D eigenvalue weighted by Gasteiger charge is -2.44. The van der Waals surface area contributed by atoms with Gasteiger partial charge in [-0.3, -0.25) is 20.2 Å². The Hall–Kier alpha value is -1.34. The second-order valence-electron chi connectivity index (χ2n) is 15.3. The predicted molar refractivity (Wildman–Crippen MR) is 170 cm³/mol. The third-order valence-corrected chi connectivity index (χ3v) is 10.8. The van der Waals surface area contributed by atoms with Gasteiger partial charge in [-0.2, -0.15) is 0 Å². The second kappa shape index (κ2) is 15.5. The second-order valence-corrected chi connectivity index (χ2v) is 15.3. The number of nitrogens with zero attached hydrogens (tertiary/aromatic N) is 2. The van der Waals surface area contributed by atoms with Gasteiger partial charge in [0.1, 0.15) is 0 Å². The first kappa shape index (κ1) is 34.0. The van der Waals surface area contributed by atoms with Crippen molar-refractivity contribution in [3.05, 3.63) is 0 Å². The Bertz CT molecular complexity index is 940. The van der Waals surface area contributed by atoms with Crippen molar-refractivity contribution < 1.29 is 24.2 Å². The Kier molecular flexibility index (Phi) is 12.0. The minimum Gasteiger partial charge on any atom is -0.390 e. The largest absolute Gasteiger partial charge is 0.390 e. The predicted octanol–water partition coefficient (Wildman–Crippen LogP) is 1.26. The Balaban J connectivity index is 0.957. The van der Waals surface area contributed by atoms with E-state index in [9.17, 15) is 14.7 Å². The molecule has 2 amide bonds. The molecule has 11 nitrogen and oxygen atoms in total. The fourth-order valence-electron chi connectivity index (χ4n) is 7.97. The molecule has 8 atom stereocenters. The van der Waals surface area contributed by atoms with Crippen molar-refractivity contribution in [3.63, 3.8) is 0 Å². The maximum Gasteiger partial charge on any atom is 0.227 e. The molecule has 0 aromatic carbocycles. The number of aliphatic hydroxyl groups is 1. The van der Waals surface area contributed by atoms with E-state index in [0.29, 0.717) is 56.5 Å². The normalized spacial score (nSPS) is 34.8. The summed E-state index contributed by atoms with van der Waals surface area (Å²) in [6, 6.07) is 0.700. The summed E-state index contributed by atoms with van der Waals surface area (Å²) in [5.74, 6) is 1.58. The van der Waals surface area contributed by atoms with E-state index in [2.05, 4.69) is 33.1 Å². The van der Waals surface area contributed by atoms with Crippen molar-refractivity contribution in [1.82, 2.24) is 31.1 Å². The lowest BCUT2D eigenvalue weighted by atomic mass is 9.74.